The molecule has 176 valence electrons. The first kappa shape index (κ1) is 24.5. The number of alkyl halides is 3. The highest BCUT2D eigenvalue weighted by molar-refractivity contribution is 6.47. The number of rotatable bonds is 7. The van der Waals surface area contributed by atoms with E-state index >= 15 is 0 Å². The van der Waals surface area contributed by atoms with Crippen LogP contribution in [0.25, 0.3) is 0 Å². The lowest BCUT2D eigenvalue weighted by Gasteiger charge is -2.10. The average molecular weight is 468 g/mol. The zero-order chi connectivity index (χ0) is 24.7. The Morgan fingerprint density at radius 3 is 2.32 bits per heavy atom. The monoisotopic (exact) mass is 468 g/mol. The third-order valence-electron chi connectivity index (χ3n) is 4.78. The highest BCUT2D eigenvalue weighted by Gasteiger charge is 2.32. The number of carbonyl (C=O) groups is 1. The van der Waals surface area contributed by atoms with Gasteiger partial charge in [-0.2, -0.15) is 13.2 Å². The Morgan fingerprint density at radius 1 is 0.971 bits per heavy atom. The van der Waals surface area contributed by atoms with Gasteiger partial charge in [-0.15, -0.1) is 0 Å². The van der Waals surface area contributed by atoms with Crippen LogP contribution in [0.3, 0.4) is 0 Å². The van der Waals surface area contributed by atoms with Crippen molar-refractivity contribution in [3.63, 3.8) is 0 Å². The number of phenolic OH excluding ortho intramolecular Hbond substituents is 1. The van der Waals surface area contributed by atoms with Gasteiger partial charge in [0.15, 0.2) is 0 Å². The standard InChI is InChI=1S/C25H23F3N4O2/c26-25(27,28)23(30)14-22(31-19-5-2-4-18(13-19)15-29)24(34)32-20-6-1-3-17(12-20)11-16-7-9-21(33)10-8-16/h1-10,12-14,33H,11,15,29-30H2,(H,32,34)/b23-14-,31-22?. The first-order valence-corrected chi connectivity index (χ1v) is 10.2. The first-order valence-electron chi connectivity index (χ1n) is 10.2. The molecule has 0 fully saturated rings. The smallest absolute Gasteiger partial charge is 0.430 e. The molecular formula is C25H23F3N4O2. The summed E-state index contributed by atoms with van der Waals surface area (Å²) in [6, 6.07) is 20.0. The average Bonchev–Trinajstić information content (AvgIpc) is 2.80. The van der Waals surface area contributed by atoms with Gasteiger partial charge in [0.05, 0.1) is 5.69 Å². The van der Waals surface area contributed by atoms with Crippen LogP contribution < -0.4 is 16.8 Å². The number of halogens is 3. The summed E-state index contributed by atoms with van der Waals surface area (Å²) in [7, 11) is 0. The lowest BCUT2D eigenvalue weighted by molar-refractivity contribution is -0.110. The number of hydrogen-bond donors (Lipinski definition) is 4. The van der Waals surface area contributed by atoms with Gasteiger partial charge in [-0.1, -0.05) is 36.4 Å². The van der Waals surface area contributed by atoms with Gasteiger partial charge in [-0.25, -0.2) is 4.99 Å². The van der Waals surface area contributed by atoms with Crippen LogP contribution in [0.1, 0.15) is 16.7 Å². The second-order valence-corrected chi connectivity index (χ2v) is 7.47. The van der Waals surface area contributed by atoms with E-state index in [-0.39, 0.29) is 18.0 Å². The van der Waals surface area contributed by atoms with Crippen LogP contribution in [0, 0.1) is 0 Å². The minimum Gasteiger partial charge on any atom is -0.508 e. The molecular weight excluding hydrogens is 445 g/mol. The Kier molecular flexibility index (Phi) is 7.70. The summed E-state index contributed by atoms with van der Waals surface area (Å²) >= 11 is 0. The first-order chi connectivity index (χ1) is 16.1. The van der Waals surface area contributed by atoms with Crippen LogP contribution >= 0.6 is 0 Å². The van der Waals surface area contributed by atoms with Gasteiger partial charge >= 0.3 is 6.18 Å². The van der Waals surface area contributed by atoms with Crippen molar-refractivity contribution in [3.05, 3.63) is 101 Å². The van der Waals surface area contributed by atoms with E-state index in [0.29, 0.717) is 23.7 Å². The Balaban J connectivity index is 1.88. The van der Waals surface area contributed by atoms with Crippen molar-refractivity contribution >= 4 is 23.0 Å². The Hall–Kier alpha value is -4.11. The second kappa shape index (κ2) is 10.7. The normalized spacial score (nSPS) is 12.5. The van der Waals surface area contributed by atoms with E-state index < -0.39 is 23.5 Å². The molecule has 6 N–H and O–H groups in total. The van der Waals surface area contributed by atoms with Crippen molar-refractivity contribution in [2.24, 2.45) is 16.5 Å². The lowest BCUT2D eigenvalue weighted by atomic mass is 10.0. The van der Waals surface area contributed by atoms with E-state index in [9.17, 15) is 23.1 Å². The summed E-state index contributed by atoms with van der Waals surface area (Å²) in [4.78, 5) is 17.0. The highest BCUT2D eigenvalue weighted by atomic mass is 19.4. The van der Waals surface area contributed by atoms with Gasteiger partial charge in [0.1, 0.15) is 17.2 Å². The number of anilines is 1. The maximum Gasteiger partial charge on any atom is 0.430 e. The lowest BCUT2D eigenvalue weighted by Crippen LogP contribution is -2.26. The number of benzene rings is 3. The number of nitrogens with two attached hydrogens (primary N) is 2. The fourth-order valence-electron chi connectivity index (χ4n) is 3.07. The molecule has 0 heterocycles. The largest absolute Gasteiger partial charge is 0.508 e. The van der Waals surface area contributed by atoms with Crippen LogP contribution in [-0.4, -0.2) is 22.9 Å². The molecule has 3 rings (SSSR count). The molecule has 0 spiro atoms. The summed E-state index contributed by atoms with van der Waals surface area (Å²) in [5.41, 5.74) is 11.9. The van der Waals surface area contributed by atoms with Crippen LogP contribution in [0.4, 0.5) is 24.5 Å². The molecule has 0 bridgehead atoms. The van der Waals surface area contributed by atoms with E-state index in [4.69, 9.17) is 11.5 Å². The minimum absolute atomic E-state index is 0.153. The Labute approximate surface area is 194 Å². The van der Waals surface area contributed by atoms with Gasteiger partial charge in [-0.3, -0.25) is 4.79 Å². The quantitative estimate of drug-likeness (QED) is 0.381. The van der Waals surface area contributed by atoms with E-state index in [1.165, 1.54) is 0 Å². The maximum absolute atomic E-state index is 13.0. The summed E-state index contributed by atoms with van der Waals surface area (Å²) < 4.78 is 39.1. The third-order valence-corrected chi connectivity index (χ3v) is 4.78. The topological polar surface area (TPSA) is 114 Å². The second-order valence-electron chi connectivity index (χ2n) is 7.47. The molecule has 0 saturated heterocycles. The van der Waals surface area contributed by atoms with E-state index in [2.05, 4.69) is 10.3 Å². The maximum atomic E-state index is 13.0. The van der Waals surface area contributed by atoms with Crippen LogP contribution in [-0.2, 0) is 17.8 Å². The van der Waals surface area contributed by atoms with E-state index in [1.54, 1.807) is 66.7 Å². The molecule has 0 radical (unpaired) electrons. The summed E-state index contributed by atoms with van der Waals surface area (Å²) in [5.74, 6) is -0.702. The molecule has 0 aliphatic carbocycles. The molecule has 0 aliphatic heterocycles. The SMILES string of the molecule is NCc1cccc(N=C(/C=C(\N)C(F)(F)F)C(=O)Nc2cccc(Cc3ccc(O)cc3)c2)c1. The molecule has 0 aliphatic rings. The van der Waals surface area contributed by atoms with Gasteiger partial charge in [0.25, 0.3) is 5.91 Å². The molecule has 0 aromatic heterocycles. The fourth-order valence-corrected chi connectivity index (χ4v) is 3.07. The Morgan fingerprint density at radius 2 is 1.65 bits per heavy atom. The van der Waals surface area contributed by atoms with E-state index in [0.717, 1.165) is 11.1 Å². The number of nitrogens with zero attached hydrogens (tertiary/aromatic N) is 1. The predicted molar refractivity (Wildman–Crippen MR) is 126 cm³/mol. The van der Waals surface area contributed by atoms with Gasteiger partial charge in [-0.05, 0) is 65.6 Å². The fraction of sp³-hybridized carbons (Fsp3) is 0.120. The Bertz CT molecular complexity index is 1220. The number of nitrogens with one attached hydrogen (secondary N) is 1. The number of allylic oxidation sites excluding steroid dienone is 1. The van der Waals surface area contributed by atoms with E-state index in [1.807, 2.05) is 6.07 Å². The molecule has 0 unspecified atom stereocenters. The van der Waals surface area contributed by atoms with Crippen molar-refractivity contribution in [2.45, 2.75) is 19.1 Å². The van der Waals surface area contributed by atoms with Crippen molar-refractivity contribution in [2.75, 3.05) is 5.32 Å². The van der Waals surface area contributed by atoms with Gasteiger partial charge in [0.2, 0.25) is 0 Å². The third kappa shape index (κ3) is 6.94. The van der Waals surface area contributed by atoms with Crippen LogP contribution in [0.15, 0.2) is 89.6 Å². The molecule has 0 saturated carbocycles. The summed E-state index contributed by atoms with van der Waals surface area (Å²) in [6.07, 6.45) is -3.79. The van der Waals surface area contributed by atoms with Crippen LogP contribution in [0.5, 0.6) is 5.75 Å². The van der Waals surface area contributed by atoms with Gasteiger partial charge < -0.3 is 21.9 Å². The zero-order valence-corrected chi connectivity index (χ0v) is 18.0. The predicted octanol–water partition coefficient (Wildman–Crippen LogP) is 4.56. The molecule has 0 atom stereocenters. The zero-order valence-electron chi connectivity index (χ0n) is 18.0. The number of amides is 1. The molecule has 34 heavy (non-hydrogen) atoms. The van der Waals surface area contributed by atoms with Crippen molar-refractivity contribution in [1.82, 2.24) is 0 Å². The molecule has 9 heteroatoms. The highest BCUT2D eigenvalue weighted by Crippen LogP contribution is 2.23. The van der Waals surface area contributed by atoms with Gasteiger partial charge in [0, 0.05) is 12.2 Å². The molecule has 6 nitrogen and oxygen atoms in total. The molecule has 3 aromatic rings. The number of aliphatic imine (C=N–C) groups is 1. The number of aromatic hydroxyl groups is 1. The number of phenols is 1. The van der Waals surface area contributed by atoms with Crippen LogP contribution in [0.2, 0.25) is 0 Å². The summed E-state index contributed by atoms with van der Waals surface area (Å²) in [5, 5.41) is 12.0. The molecule has 1 amide bonds. The minimum atomic E-state index is -4.82. The van der Waals surface area contributed by atoms with Crippen molar-refractivity contribution in [3.8, 4) is 5.75 Å². The van der Waals surface area contributed by atoms with Crippen molar-refractivity contribution < 1.29 is 23.1 Å². The number of carbonyl (C=O) groups excluding carboxylic acids is 1. The van der Waals surface area contributed by atoms with Crippen molar-refractivity contribution in [1.29, 1.82) is 0 Å². The number of hydrogen-bond acceptors (Lipinski definition) is 5. The molecule has 3 aromatic carbocycles. The summed E-state index contributed by atoms with van der Waals surface area (Å²) in [6.45, 7) is 0.208.